The summed E-state index contributed by atoms with van der Waals surface area (Å²) in [5.74, 6) is -1.24. The molecule has 4 nitrogen and oxygen atoms in total. The molecule has 0 spiro atoms. The first kappa shape index (κ1) is 12.7. The van der Waals surface area contributed by atoms with Crippen LogP contribution in [0.1, 0.15) is 18.9 Å². The Morgan fingerprint density at radius 2 is 2.17 bits per heavy atom. The van der Waals surface area contributed by atoms with E-state index in [0.717, 1.165) is 6.42 Å². The standard InChI is InChI=1S/C13H15FO4/c1-8(13(15)16)7-9-10(14)3-4-11-12(9)18-6-2-5-17-11/h3-4,8H,2,5-7H2,1H3,(H,15,16). The van der Waals surface area contributed by atoms with Crippen LogP contribution >= 0.6 is 0 Å². The molecule has 1 heterocycles. The normalized spacial score (nSPS) is 15.9. The topological polar surface area (TPSA) is 55.8 Å². The Morgan fingerprint density at radius 3 is 2.89 bits per heavy atom. The van der Waals surface area contributed by atoms with Crippen LogP contribution < -0.4 is 9.47 Å². The van der Waals surface area contributed by atoms with Crippen LogP contribution in [0.15, 0.2) is 12.1 Å². The Kier molecular flexibility index (Phi) is 3.69. The molecule has 0 bridgehead atoms. The van der Waals surface area contributed by atoms with Gasteiger partial charge in [0.15, 0.2) is 11.5 Å². The molecule has 2 rings (SSSR count). The quantitative estimate of drug-likeness (QED) is 0.898. The van der Waals surface area contributed by atoms with Crippen molar-refractivity contribution in [3.8, 4) is 11.5 Å². The van der Waals surface area contributed by atoms with Gasteiger partial charge >= 0.3 is 5.97 Å². The fourth-order valence-electron chi connectivity index (χ4n) is 1.85. The van der Waals surface area contributed by atoms with Gasteiger partial charge in [-0.1, -0.05) is 6.92 Å². The highest BCUT2D eigenvalue weighted by molar-refractivity contribution is 5.70. The van der Waals surface area contributed by atoms with Gasteiger partial charge in [-0.15, -0.1) is 0 Å². The van der Waals surface area contributed by atoms with E-state index in [9.17, 15) is 9.18 Å². The molecule has 0 fully saturated rings. The zero-order chi connectivity index (χ0) is 13.1. The summed E-state index contributed by atoms with van der Waals surface area (Å²) in [6, 6.07) is 2.81. The number of carbonyl (C=O) groups is 1. The van der Waals surface area contributed by atoms with Gasteiger partial charge in [-0.05, 0) is 18.6 Å². The number of carboxylic acid groups (broad SMARTS) is 1. The third kappa shape index (κ3) is 2.55. The maximum Gasteiger partial charge on any atom is 0.306 e. The van der Waals surface area contributed by atoms with Gasteiger partial charge in [0.05, 0.1) is 19.1 Å². The van der Waals surface area contributed by atoms with Crippen molar-refractivity contribution in [1.82, 2.24) is 0 Å². The van der Waals surface area contributed by atoms with Crippen LogP contribution in [0.5, 0.6) is 11.5 Å². The molecule has 0 saturated carbocycles. The number of aliphatic carboxylic acids is 1. The monoisotopic (exact) mass is 254 g/mol. The van der Waals surface area contributed by atoms with Crippen LogP contribution in [0.2, 0.25) is 0 Å². The number of benzene rings is 1. The molecule has 1 aliphatic rings. The molecular weight excluding hydrogens is 239 g/mol. The van der Waals surface area contributed by atoms with Crippen LogP contribution in [0, 0.1) is 11.7 Å². The highest BCUT2D eigenvalue weighted by atomic mass is 19.1. The molecule has 5 heteroatoms. The molecule has 1 atom stereocenters. The average Bonchev–Trinajstić information content (AvgIpc) is 2.57. The molecule has 0 saturated heterocycles. The molecule has 1 unspecified atom stereocenters. The van der Waals surface area contributed by atoms with Crippen molar-refractivity contribution in [1.29, 1.82) is 0 Å². The van der Waals surface area contributed by atoms with Crippen molar-refractivity contribution in [3.63, 3.8) is 0 Å². The Morgan fingerprint density at radius 1 is 1.44 bits per heavy atom. The van der Waals surface area contributed by atoms with E-state index in [0.29, 0.717) is 24.7 Å². The van der Waals surface area contributed by atoms with E-state index >= 15 is 0 Å². The van der Waals surface area contributed by atoms with Gasteiger partial charge in [0.1, 0.15) is 5.82 Å². The second-order valence-electron chi connectivity index (χ2n) is 4.35. The molecule has 1 aromatic rings. The second-order valence-corrected chi connectivity index (χ2v) is 4.35. The average molecular weight is 254 g/mol. The molecule has 1 N–H and O–H groups in total. The van der Waals surface area contributed by atoms with Crippen LogP contribution in [0.25, 0.3) is 0 Å². The van der Waals surface area contributed by atoms with Crippen molar-refractivity contribution in [2.24, 2.45) is 5.92 Å². The molecule has 0 aromatic heterocycles. The minimum atomic E-state index is -0.957. The third-order valence-electron chi connectivity index (χ3n) is 2.89. The van der Waals surface area contributed by atoms with Crippen LogP contribution in [0.4, 0.5) is 4.39 Å². The summed E-state index contributed by atoms with van der Waals surface area (Å²) >= 11 is 0. The lowest BCUT2D eigenvalue weighted by Crippen LogP contribution is -2.14. The smallest absolute Gasteiger partial charge is 0.306 e. The van der Waals surface area contributed by atoms with Gasteiger partial charge in [-0.25, -0.2) is 4.39 Å². The van der Waals surface area contributed by atoms with Crippen LogP contribution in [-0.4, -0.2) is 24.3 Å². The lowest BCUT2D eigenvalue weighted by molar-refractivity contribution is -0.141. The molecule has 98 valence electrons. The maximum absolute atomic E-state index is 13.8. The molecule has 1 aliphatic heterocycles. The van der Waals surface area contributed by atoms with Gasteiger partial charge in [-0.3, -0.25) is 4.79 Å². The van der Waals surface area contributed by atoms with Gasteiger partial charge in [0, 0.05) is 12.0 Å². The Bertz CT molecular complexity index is 459. The lowest BCUT2D eigenvalue weighted by atomic mass is 9.99. The molecule has 18 heavy (non-hydrogen) atoms. The third-order valence-corrected chi connectivity index (χ3v) is 2.89. The Hall–Kier alpha value is -1.78. The van der Waals surface area contributed by atoms with Crippen molar-refractivity contribution >= 4 is 5.97 Å². The van der Waals surface area contributed by atoms with Gasteiger partial charge in [0.2, 0.25) is 0 Å². The number of rotatable bonds is 3. The van der Waals surface area contributed by atoms with E-state index in [1.54, 1.807) is 6.92 Å². The minimum Gasteiger partial charge on any atom is -0.490 e. The lowest BCUT2D eigenvalue weighted by Gasteiger charge is -2.14. The summed E-state index contributed by atoms with van der Waals surface area (Å²) < 4.78 is 24.7. The Labute approximate surface area is 104 Å². The van der Waals surface area contributed by atoms with Crippen molar-refractivity contribution < 1.29 is 23.8 Å². The fraction of sp³-hybridized carbons (Fsp3) is 0.462. The zero-order valence-corrected chi connectivity index (χ0v) is 10.1. The first-order chi connectivity index (χ1) is 8.59. The Balaban J connectivity index is 2.35. The summed E-state index contributed by atoms with van der Waals surface area (Å²) in [6.07, 6.45) is 0.817. The molecule has 0 amide bonds. The number of halogens is 1. The highest BCUT2D eigenvalue weighted by Crippen LogP contribution is 2.36. The molecular formula is C13H15FO4. The summed E-state index contributed by atoms with van der Waals surface area (Å²) in [4.78, 5) is 10.9. The number of hydrogen-bond donors (Lipinski definition) is 1. The SMILES string of the molecule is CC(Cc1c(F)ccc2c1OCCCO2)C(=O)O. The van der Waals surface area contributed by atoms with Crippen molar-refractivity contribution in [3.05, 3.63) is 23.5 Å². The van der Waals surface area contributed by atoms with Crippen LogP contribution in [-0.2, 0) is 11.2 Å². The van der Waals surface area contributed by atoms with Crippen LogP contribution in [0.3, 0.4) is 0 Å². The van der Waals surface area contributed by atoms with E-state index in [2.05, 4.69) is 0 Å². The first-order valence-electron chi connectivity index (χ1n) is 5.89. The largest absolute Gasteiger partial charge is 0.490 e. The maximum atomic E-state index is 13.8. The van der Waals surface area contributed by atoms with Gasteiger partial charge < -0.3 is 14.6 Å². The summed E-state index contributed by atoms with van der Waals surface area (Å²) in [6.45, 7) is 2.51. The molecule has 0 aliphatic carbocycles. The second kappa shape index (κ2) is 5.25. The predicted octanol–water partition coefficient (Wildman–Crippen LogP) is 2.25. The van der Waals surface area contributed by atoms with E-state index in [-0.39, 0.29) is 12.0 Å². The summed E-state index contributed by atoms with van der Waals surface area (Å²) in [5.41, 5.74) is 0.282. The van der Waals surface area contributed by atoms with Crippen molar-refractivity contribution in [2.75, 3.05) is 13.2 Å². The number of carboxylic acids is 1. The molecule has 0 radical (unpaired) electrons. The fourth-order valence-corrected chi connectivity index (χ4v) is 1.85. The number of hydrogen-bond acceptors (Lipinski definition) is 3. The molecule has 1 aromatic carbocycles. The summed E-state index contributed by atoms with van der Waals surface area (Å²) in [7, 11) is 0. The van der Waals surface area contributed by atoms with Crippen molar-refractivity contribution in [2.45, 2.75) is 19.8 Å². The van der Waals surface area contributed by atoms with E-state index in [1.807, 2.05) is 0 Å². The number of fused-ring (bicyclic) bond motifs is 1. The summed E-state index contributed by atoms with van der Waals surface area (Å²) in [5, 5.41) is 8.90. The first-order valence-corrected chi connectivity index (χ1v) is 5.89. The highest BCUT2D eigenvalue weighted by Gasteiger charge is 2.22. The predicted molar refractivity (Wildman–Crippen MR) is 62.5 cm³/mol. The minimum absolute atomic E-state index is 0.0910. The van der Waals surface area contributed by atoms with E-state index < -0.39 is 17.7 Å². The van der Waals surface area contributed by atoms with Gasteiger partial charge in [0.25, 0.3) is 0 Å². The van der Waals surface area contributed by atoms with Gasteiger partial charge in [-0.2, -0.15) is 0 Å². The van der Waals surface area contributed by atoms with E-state index in [1.165, 1.54) is 12.1 Å². The number of ether oxygens (including phenoxy) is 2. The zero-order valence-electron chi connectivity index (χ0n) is 10.1. The van der Waals surface area contributed by atoms with E-state index in [4.69, 9.17) is 14.6 Å².